The topological polar surface area (TPSA) is 66.4 Å². The highest BCUT2D eigenvalue weighted by molar-refractivity contribution is 6.42. The number of hydrogen-bond donors (Lipinski definition) is 2. The van der Waals surface area contributed by atoms with Crippen molar-refractivity contribution in [3.8, 4) is 0 Å². The van der Waals surface area contributed by atoms with Crippen LogP contribution in [0.4, 0.5) is 0 Å². The van der Waals surface area contributed by atoms with Crippen molar-refractivity contribution in [1.29, 1.82) is 0 Å². The first-order valence-electron chi connectivity index (χ1n) is 7.03. The number of halogens is 2. The van der Waals surface area contributed by atoms with Gasteiger partial charge in [-0.1, -0.05) is 35.3 Å². The number of hydrogen-bond acceptors (Lipinski definition) is 2. The van der Waals surface area contributed by atoms with Crippen LogP contribution in [-0.4, -0.2) is 23.0 Å². The van der Waals surface area contributed by atoms with Crippen LogP contribution in [0.1, 0.15) is 30.7 Å². The minimum atomic E-state index is -1.03. The molecular formula is C16H17Cl2NO3. The van der Waals surface area contributed by atoms with Crippen LogP contribution < -0.4 is 5.32 Å². The Morgan fingerprint density at radius 3 is 2.73 bits per heavy atom. The van der Waals surface area contributed by atoms with Gasteiger partial charge in [-0.05, 0) is 42.9 Å². The van der Waals surface area contributed by atoms with Gasteiger partial charge in [-0.3, -0.25) is 4.79 Å². The van der Waals surface area contributed by atoms with Crippen LogP contribution in [0.15, 0.2) is 30.9 Å². The average molecular weight is 342 g/mol. The summed E-state index contributed by atoms with van der Waals surface area (Å²) in [5.41, 5.74) is 0.951. The minimum absolute atomic E-state index is 0.0728. The molecule has 2 N–H and O–H groups in total. The van der Waals surface area contributed by atoms with Crippen molar-refractivity contribution < 1.29 is 14.7 Å². The molecule has 118 valence electrons. The van der Waals surface area contributed by atoms with E-state index in [9.17, 15) is 9.59 Å². The van der Waals surface area contributed by atoms with Gasteiger partial charge in [0.1, 0.15) is 6.04 Å². The third kappa shape index (κ3) is 4.02. The van der Waals surface area contributed by atoms with Crippen LogP contribution >= 0.6 is 23.2 Å². The van der Waals surface area contributed by atoms with Gasteiger partial charge in [0, 0.05) is 5.92 Å². The first kappa shape index (κ1) is 16.8. The summed E-state index contributed by atoms with van der Waals surface area (Å²) in [6.07, 6.45) is 3.21. The predicted molar refractivity (Wildman–Crippen MR) is 86.3 cm³/mol. The van der Waals surface area contributed by atoms with E-state index in [2.05, 4.69) is 11.9 Å². The quantitative estimate of drug-likeness (QED) is 0.744. The number of carbonyl (C=O) groups is 2. The van der Waals surface area contributed by atoms with Crippen LogP contribution in [0.2, 0.25) is 10.0 Å². The molecule has 1 aliphatic carbocycles. The molecule has 3 atom stereocenters. The molecule has 1 aromatic carbocycles. The van der Waals surface area contributed by atoms with Crippen LogP contribution in [0, 0.1) is 5.92 Å². The maximum absolute atomic E-state index is 12.2. The van der Waals surface area contributed by atoms with E-state index in [0.29, 0.717) is 29.3 Å². The Kier molecular flexibility index (Phi) is 5.48. The van der Waals surface area contributed by atoms with Gasteiger partial charge in [0.2, 0.25) is 5.91 Å². The highest BCUT2D eigenvalue weighted by Crippen LogP contribution is 2.48. The molecule has 0 heterocycles. The molecule has 0 bridgehead atoms. The molecule has 22 heavy (non-hydrogen) atoms. The smallest absolute Gasteiger partial charge is 0.326 e. The number of amides is 1. The highest BCUT2D eigenvalue weighted by atomic mass is 35.5. The summed E-state index contributed by atoms with van der Waals surface area (Å²) < 4.78 is 0. The molecular weight excluding hydrogens is 325 g/mol. The van der Waals surface area contributed by atoms with E-state index in [1.807, 2.05) is 6.07 Å². The number of carboxylic acid groups (broad SMARTS) is 1. The lowest BCUT2D eigenvalue weighted by atomic mass is 10.1. The molecule has 0 spiro atoms. The maximum atomic E-state index is 12.2. The number of rotatable bonds is 7. The SMILES string of the molecule is C=CCCC(NC(=O)C1CC1c1ccc(Cl)c(Cl)c1)C(=O)O. The predicted octanol–water partition coefficient (Wildman–Crippen LogP) is 3.63. The number of aliphatic carboxylic acids is 1. The fourth-order valence-electron chi connectivity index (χ4n) is 2.42. The third-order valence-electron chi connectivity index (χ3n) is 3.77. The molecule has 1 aromatic rings. The van der Waals surface area contributed by atoms with Crippen molar-refractivity contribution in [2.24, 2.45) is 5.92 Å². The second kappa shape index (κ2) is 7.16. The summed E-state index contributed by atoms with van der Waals surface area (Å²) in [7, 11) is 0. The van der Waals surface area contributed by atoms with Crippen LogP contribution in [0.3, 0.4) is 0 Å². The van der Waals surface area contributed by atoms with Gasteiger partial charge in [0.15, 0.2) is 0 Å². The molecule has 0 aliphatic heterocycles. The first-order valence-corrected chi connectivity index (χ1v) is 7.78. The van der Waals surface area contributed by atoms with E-state index >= 15 is 0 Å². The molecule has 4 nitrogen and oxygen atoms in total. The first-order chi connectivity index (χ1) is 10.4. The zero-order valence-corrected chi connectivity index (χ0v) is 13.4. The Morgan fingerprint density at radius 1 is 1.41 bits per heavy atom. The van der Waals surface area contributed by atoms with Gasteiger partial charge in [0.25, 0.3) is 0 Å². The van der Waals surface area contributed by atoms with Crippen molar-refractivity contribution in [2.45, 2.75) is 31.2 Å². The molecule has 3 unspecified atom stereocenters. The van der Waals surface area contributed by atoms with Crippen molar-refractivity contribution >= 4 is 35.1 Å². The normalized spacial score (nSPS) is 21.0. The summed E-state index contributed by atoms with van der Waals surface area (Å²) in [4.78, 5) is 23.3. The molecule has 0 radical (unpaired) electrons. The van der Waals surface area contributed by atoms with E-state index in [0.717, 1.165) is 5.56 Å². The van der Waals surface area contributed by atoms with Crippen molar-refractivity contribution in [1.82, 2.24) is 5.32 Å². The number of carboxylic acids is 1. The number of allylic oxidation sites excluding steroid dienone is 1. The largest absolute Gasteiger partial charge is 0.480 e. The Balaban J connectivity index is 1.95. The summed E-state index contributed by atoms with van der Waals surface area (Å²) in [6, 6.07) is 4.43. The molecule has 6 heteroatoms. The highest BCUT2D eigenvalue weighted by Gasteiger charge is 2.44. The molecule has 0 saturated heterocycles. The monoisotopic (exact) mass is 341 g/mol. The van der Waals surface area contributed by atoms with Gasteiger partial charge in [0.05, 0.1) is 10.0 Å². The minimum Gasteiger partial charge on any atom is -0.480 e. The fourth-order valence-corrected chi connectivity index (χ4v) is 2.72. The second-order valence-corrected chi connectivity index (χ2v) is 6.20. The van der Waals surface area contributed by atoms with E-state index in [-0.39, 0.29) is 17.7 Å². The van der Waals surface area contributed by atoms with Gasteiger partial charge < -0.3 is 10.4 Å². The second-order valence-electron chi connectivity index (χ2n) is 5.39. The molecule has 2 rings (SSSR count). The molecule has 1 fully saturated rings. The number of nitrogens with one attached hydrogen (secondary N) is 1. The fraction of sp³-hybridized carbons (Fsp3) is 0.375. The molecule has 1 amide bonds. The van der Waals surface area contributed by atoms with Gasteiger partial charge >= 0.3 is 5.97 Å². The van der Waals surface area contributed by atoms with Crippen LogP contribution in [0.5, 0.6) is 0 Å². The Labute approximate surface area is 139 Å². The zero-order chi connectivity index (χ0) is 16.3. The van der Waals surface area contributed by atoms with Gasteiger partial charge in [-0.25, -0.2) is 4.79 Å². The van der Waals surface area contributed by atoms with Crippen LogP contribution in [-0.2, 0) is 9.59 Å². The Hall–Kier alpha value is -1.52. The summed E-state index contributed by atoms with van der Waals surface area (Å²) in [5, 5.41) is 12.6. The zero-order valence-electron chi connectivity index (χ0n) is 11.9. The van der Waals surface area contributed by atoms with E-state index in [1.54, 1.807) is 18.2 Å². The van der Waals surface area contributed by atoms with Gasteiger partial charge in [-0.15, -0.1) is 6.58 Å². The number of benzene rings is 1. The van der Waals surface area contributed by atoms with Crippen molar-refractivity contribution in [2.75, 3.05) is 0 Å². The van der Waals surface area contributed by atoms with E-state index < -0.39 is 12.0 Å². The maximum Gasteiger partial charge on any atom is 0.326 e. The average Bonchev–Trinajstić information content (AvgIpc) is 3.26. The Morgan fingerprint density at radius 2 is 2.14 bits per heavy atom. The lowest BCUT2D eigenvalue weighted by Gasteiger charge is -2.13. The van der Waals surface area contributed by atoms with Crippen LogP contribution in [0.25, 0.3) is 0 Å². The van der Waals surface area contributed by atoms with E-state index in [1.165, 1.54) is 0 Å². The summed E-state index contributed by atoms with van der Waals surface area (Å²) in [5.74, 6) is -1.39. The third-order valence-corrected chi connectivity index (χ3v) is 4.51. The van der Waals surface area contributed by atoms with Crippen molar-refractivity contribution in [3.63, 3.8) is 0 Å². The lowest BCUT2D eigenvalue weighted by molar-refractivity contribution is -0.142. The van der Waals surface area contributed by atoms with Gasteiger partial charge in [-0.2, -0.15) is 0 Å². The number of carbonyl (C=O) groups excluding carboxylic acids is 1. The van der Waals surface area contributed by atoms with Crippen molar-refractivity contribution in [3.05, 3.63) is 46.5 Å². The van der Waals surface area contributed by atoms with E-state index in [4.69, 9.17) is 28.3 Å². The molecule has 0 aromatic heterocycles. The standard InChI is InChI=1S/C16H17Cl2NO3/c1-2-3-4-14(16(21)22)19-15(20)11-8-10(11)9-5-6-12(17)13(18)7-9/h2,5-7,10-11,14H,1,3-4,8H2,(H,19,20)(H,21,22). The molecule has 1 saturated carbocycles. The summed E-state index contributed by atoms with van der Waals surface area (Å²) >= 11 is 11.8. The Bertz CT molecular complexity index is 603. The lowest BCUT2D eigenvalue weighted by Crippen LogP contribution is -2.41. The summed E-state index contributed by atoms with van der Waals surface area (Å²) in [6.45, 7) is 3.56. The molecule has 1 aliphatic rings.